The fourth-order valence-corrected chi connectivity index (χ4v) is 4.28. The van der Waals surface area contributed by atoms with Crippen molar-refractivity contribution >= 4 is 0 Å². The molecule has 22 heavy (non-hydrogen) atoms. The summed E-state index contributed by atoms with van der Waals surface area (Å²) in [6.45, 7) is 7.48. The summed E-state index contributed by atoms with van der Waals surface area (Å²) in [5.74, 6) is 2.47. The predicted octanol–water partition coefficient (Wildman–Crippen LogP) is 1.91. The quantitative estimate of drug-likeness (QED) is 0.729. The van der Waals surface area contributed by atoms with E-state index in [-0.39, 0.29) is 5.54 Å². The van der Waals surface area contributed by atoms with E-state index in [9.17, 15) is 0 Å². The van der Waals surface area contributed by atoms with Gasteiger partial charge in [0, 0.05) is 18.2 Å². The van der Waals surface area contributed by atoms with Gasteiger partial charge in [0.05, 0.1) is 12.6 Å². The van der Waals surface area contributed by atoms with Crippen LogP contribution in [0.4, 0.5) is 0 Å². The van der Waals surface area contributed by atoms with E-state index < -0.39 is 0 Å². The number of fused-ring (bicyclic) bond motifs is 1. The Morgan fingerprint density at radius 3 is 2.68 bits per heavy atom. The van der Waals surface area contributed by atoms with Gasteiger partial charge in [0.25, 0.3) is 0 Å². The molecule has 0 aromatic heterocycles. The molecule has 4 N–H and O–H groups in total. The minimum absolute atomic E-state index is 0.196. The van der Waals surface area contributed by atoms with Crippen LogP contribution in [-0.2, 0) is 4.74 Å². The van der Waals surface area contributed by atoms with Gasteiger partial charge in [0.15, 0.2) is 0 Å². The molecule has 4 heteroatoms. The van der Waals surface area contributed by atoms with E-state index in [1.807, 2.05) is 0 Å². The average Bonchev–Trinajstić information content (AvgIpc) is 2.67. The second-order valence-corrected chi connectivity index (χ2v) is 7.08. The largest absolute Gasteiger partial charge is 0.497 e. The topological polar surface area (TPSA) is 59.3 Å². The summed E-state index contributed by atoms with van der Waals surface area (Å²) in [5.41, 5.74) is 9.18. The number of ether oxygens (including phenoxy) is 1. The highest BCUT2D eigenvalue weighted by atomic mass is 16.5. The maximum Gasteiger partial charge on any atom is 0.115 e. The molecule has 3 rings (SSSR count). The molecule has 1 fully saturated rings. The van der Waals surface area contributed by atoms with Gasteiger partial charge in [-0.3, -0.25) is 0 Å². The Labute approximate surface area is 133 Å². The second-order valence-electron chi connectivity index (χ2n) is 7.08. The molecule has 0 saturated carbocycles. The van der Waals surface area contributed by atoms with Crippen molar-refractivity contribution in [3.63, 3.8) is 0 Å². The van der Waals surface area contributed by atoms with Gasteiger partial charge in [-0.05, 0) is 56.8 Å². The van der Waals surface area contributed by atoms with E-state index in [0.29, 0.717) is 17.8 Å². The van der Waals surface area contributed by atoms with Crippen molar-refractivity contribution in [2.45, 2.75) is 32.2 Å². The van der Waals surface area contributed by atoms with Crippen LogP contribution in [-0.4, -0.2) is 32.3 Å². The van der Waals surface area contributed by atoms with Crippen LogP contribution in [0.3, 0.4) is 0 Å². The molecule has 0 aromatic carbocycles. The van der Waals surface area contributed by atoms with Crippen molar-refractivity contribution in [2.24, 2.45) is 23.5 Å². The second kappa shape index (κ2) is 6.09. The van der Waals surface area contributed by atoms with Crippen LogP contribution in [0.2, 0.25) is 0 Å². The zero-order valence-electron chi connectivity index (χ0n) is 14.0. The Hall–Kier alpha value is -1.26. The molecule has 0 spiro atoms. The van der Waals surface area contributed by atoms with Crippen molar-refractivity contribution in [1.29, 1.82) is 0 Å². The molecule has 1 saturated heterocycles. The highest BCUT2D eigenvalue weighted by Crippen LogP contribution is 2.38. The molecule has 1 aliphatic carbocycles. The van der Waals surface area contributed by atoms with E-state index in [4.69, 9.17) is 10.5 Å². The number of nitrogens with one attached hydrogen (secondary N) is 2. The molecule has 3 atom stereocenters. The van der Waals surface area contributed by atoms with Crippen molar-refractivity contribution in [2.75, 3.05) is 26.7 Å². The lowest BCUT2D eigenvalue weighted by Crippen LogP contribution is -2.53. The van der Waals surface area contributed by atoms with Crippen molar-refractivity contribution in [3.8, 4) is 0 Å². The third-order valence-electron chi connectivity index (χ3n) is 5.53. The first-order chi connectivity index (χ1) is 10.5. The lowest BCUT2D eigenvalue weighted by atomic mass is 9.75. The molecular weight excluding hydrogens is 274 g/mol. The summed E-state index contributed by atoms with van der Waals surface area (Å²) >= 11 is 0. The molecule has 2 heterocycles. The third kappa shape index (κ3) is 2.82. The first kappa shape index (κ1) is 15.6. The lowest BCUT2D eigenvalue weighted by molar-refractivity contribution is 0.281. The number of methoxy groups -OCH3 is 1. The van der Waals surface area contributed by atoms with E-state index in [1.54, 1.807) is 7.11 Å². The lowest BCUT2D eigenvalue weighted by Gasteiger charge is -2.36. The first-order valence-electron chi connectivity index (χ1n) is 8.43. The number of hydrogen-bond acceptors (Lipinski definition) is 4. The first-order valence-corrected chi connectivity index (χ1v) is 8.43. The van der Waals surface area contributed by atoms with E-state index >= 15 is 0 Å². The minimum Gasteiger partial charge on any atom is -0.497 e. The molecule has 0 radical (unpaired) electrons. The standard InChI is InChI=1S/C18H29N3O/c1-12-8-15(22-3)10-14-11-21-16(9-13(2)17(12)14)18(19)4-6-20-7-5-18/h8-10,13-14,17,20-21H,4-7,11,19H2,1-3H3. The van der Waals surface area contributed by atoms with Crippen LogP contribution in [0.1, 0.15) is 26.7 Å². The van der Waals surface area contributed by atoms with Gasteiger partial charge < -0.3 is 21.1 Å². The maximum atomic E-state index is 6.72. The summed E-state index contributed by atoms with van der Waals surface area (Å²) in [6, 6.07) is 0. The number of nitrogens with two attached hydrogens (primary N) is 1. The summed E-state index contributed by atoms with van der Waals surface area (Å²) in [6.07, 6.45) is 8.84. The van der Waals surface area contributed by atoms with Crippen LogP contribution in [0.25, 0.3) is 0 Å². The van der Waals surface area contributed by atoms with Crippen LogP contribution >= 0.6 is 0 Å². The summed E-state index contributed by atoms with van der Waals surface area (Å²) in [7, 11) is 1.75. The van der Waals surface area contributed by atoms with Crippen molar-refractivity contribution in [1.82, 2.24) is 10.6 Å². The highest BCUT2D eigenvalue weighted by molar-refractivity contribution is 5.32. The Bertz CT molecular complexity index is 514. The van der Waals surface area contributed by atoms with Gasteiger partial charge in [-0.15, -0.1) is 0 Å². The normalized spacial score (nSPS) is 34.4. The molecule has 4 nitrogen and oxygen atoms in total. The van der Waals surface area contributed by atoms with Crippen molar-refractivity contribution < 1.29 is 4.74 Å². The zero-order chi connectivity index (χ0) is 15.7. The van der Waals surface area contributed by atoms with Gasteiger partial charge in [0.2, 0.25) is 0 Å². The fraction of sp³-hybridized carbons (Fsp3) is 0.667. The maximum absolute atomic E-state index is 6.72. The minimum atomic E-state index is -0.196. The van der Waals surface area contributed by atoms with Crippen LogP contribution in [0.5, 0.6) is 0 Å². The molecule has 0 amide bonds. The fourth-order valence-electron chi connectivity index (χ4n) is 4.28. The Balaban J connectivity index is 1.86. The molecular formula is C18H29N3O. The third-order valence-corrected chi connectivity index (χ3v) is 5.53. The van der Waals surface area contributed by atoms with Gasteiger partial charge in [0.1, 0.15) is 5.76 Å². The number of rotatable bonds is 2. The molecule has 3 aliphatic rings. The van der Waals surface area contributed by atoms with Gasteiger partial charge in [-0.1, -0.05) is 18.6 Å². The van der Waals surface area contributed by atoms with Crippen molar-refractivity contribution in [3.05, 3.63) is 35.3 Å². The van der Waals surface area contributed by atoms with Crippen LogP contribution < -0.4 is 16.4 Å². The number of piperidine rings is 1. The molecule has 2 aliphatic heterocycles. The Kier molecular flexibility index (Phi) is 4.33. The average molecular weight is 303 g/mol. The Morgan fingerprint density at radius 1 is 1.27 bits per heavy atom. The van der Waals surface area contributed by atoms with Crippen LogP contribution in [0, 0.1) is 17.8 Å². The summed E-state index contributed by atoms with van der Waals surface area (Å²) in [4.78, 5) is 0. The number of allylic oxidation sites excluding steroid dienone is 3. The molecule has 0 aromatic rings. The van der Waals surface area contributed by atoms with E-state index in [2.05, 4.69) is 42.7 Å². The molecule has 3 unspecified atom stereocenters. The van der Waals surface area contributed by atoms with Gasteiger partial charge in [-0.2, -0.15) is 0 Å². The zero-order valence-corrected chi connectivity index (χ0v) is 14.0. The van der Waals surface area contributed by atoms with Crippen LogP contribution in [0.15, 0.2) is 35.3 Å². The van der Waals surface area contributed by atoms with Gasteiger partial charge in [-0.25, -0.2) is 0 Å². The monoisotopic (exact) mass is 303 g/mol. The predicted molar refractivity (Wildman–Crippen MR) is 90.1 cm³/mol. The van der Waals surface area contributed by atoms with E-state index in [0.717, 1.165) is 38.2 Å². The summed E-state index contributed by atoms with van der Waals surface area (Å²) < 4.78 is 5.46. The highest BCUT2D eigenvalue weighted by Gasteiger charge is 2.37. The smallest absolute Gasteiger partial charge is 0.115 e. The Morgan fingerprint density at radius 2 is 2.00 bits per heavy atom. The molecule has 122 valence electrons. The van der Waals surface area contributed by atoms with E-state index in [1.165, 1.54) is 11.3 Å². The van der Waals surface area contributed by atoms with Gasteiger partial charge >= 0.3 is 0 Å². The summed E-state index contributed by atoms with van der Waals surface area (Å²) in [5, 5.41) is 7.07. The number of hydrogen-bond donors (Lipinski definition) is 3. The molecule has 0 bridgehead atoms. The SMILES string of the molecule is COC1=CC2CNC(C3(N)CCNCC3)=CC(C)C2C(C)=C1.